The van der Waals surface area contributed by atoms with Gasteiger partial charge in [0, 0.05) is 31.2 Å². The van der Waals surface area contributed by atoms with Gasteiger partial charge in [-0.3, -0.25) is 19.2 Å². The molecule has 44 heavy (non-hydrogen) atoms. The number of benzene rings is 1. The minimum Gasteiger partial charge on any atom is -0.505 e. The van der Waals surface area contributed by atoms with Crippen LogP contribution in [0, 0.1) is 37.2 Å². The van der Waals surface area contributed by atoms with E-state index in [4.69, 9.17) is 9.47 Å². The third-order valence-corrected chi connectivity index (χ3v) is 8.01. The molecule has 2 fully saturated rings. The van der Waals surface area contributed by atoms with Crippen LogP contribution in [0.4, 0.5) is 13.2 Å². The van der Waals surface area contributed by atoms with Gasteiger partial charge >= 0.3 is 5.97 Å². The van der Waals surface area contributed by atoms with Crippen molar-refractivity contribution in [3.05, 3.63) is 58.2 Å². The summed E-state index contributed by atoms with van der Waals surface area (Å²) < 4.78 is 55.6. The summed E-state index contributed by atoms with van der Waals surface area (Å²) in [5.41, 5.74) is -1.69. The molecule has 0 bridgehead atoms. The van der Waals surface area contributed by atoms with E-state index < -0.39 is 107 Å². The Kier molecular flexibility index (Phi) is 9.78. The number of halogens is 3. The van der Waals surface area contributed by atoms with Crippen LogP contribution < -0.4 is 16.0 Å². The van der Waals surface area contributed by atoms with E-state index in [9.17, 15) is 33.8 Å². The van der Waals surface area contributed by atoms with E-state index in [2.05, 4.69) is 20.9 Å². The van der Waals surface area contributed by atoms with Gasteiger partial charge in [0.25, 0.3) is 11.8 Å². The summed E-state index contributed by atoms with van der Waals surface area (Å²) in [7, 11) is 0. The summed E-state index contributed by atoms with van der Waals surface area (Å²) >= 11 is 0. The molecule has 5 N–H and O–H groups in total. The molecular formula is C29H33F3N4O8. The predicted octanol–water partition coefficient (Wildman–Crippen LogP) is 0.863. The number of carbonyl (C=O) groups is 4. The molecule has 3 heterocycles. The van der Waals surface area contributed by atoms with Gasteiger partial charge < -0.3 is 35.6 Å². The zero-order chi connectivity index (χ0) is 32.5. The van der Waals surface area contributed by atoms with Gasteiger partial charge in [-0.1, -0.05) is 0 Å². The number of aliphatic hydroxyl groups is 1. The molecule has 1 aromatic heterocycles. The van der Waals surface area contributed by atoms with Crippen LogP contribution in [0.3, 0.4) is 0 Å². The molecule has 15 heteroatoms. The fraction of sp³-hybridized carbons (Fsp3) is 0.483. The zero-order valence-electron chi connectivity index (χ0n) is 24.3. The van der Waals surface area contributed by atoms with Crippen molar-refractivity contribution in [1.29, 1.82) is 0 Å². The zero-order valence-corrected chi connectivity index (χ0v) is 24.3. The van der Waals surface area contributed by atoms with Crippen LogP contribution in [0.2, 0.25) is 0 Å². The van der Waals surface area contributed by atoms with Gasteiger partial charge in [-0.05, 0) is 51.0 Å². The van der Waals surface area contributed by atoms with Crippen molar-refractivity contribution in [2.75, 3.05) is 6.61 Å². The minimum absolute atomic E-state index is 0.194. The highest BCUT2D eigenvalue weighted by molar-refractivity contribution is 5.98. The van der Waals surface area contributed by atoms with E-state index in [1.54, 1.807) is 0 Å². The predicted molar refractivity (Wildman–Crippen MR) is 146 cm³/mol. The fourth-order valence-electron chi connectivity index (χ4n) is 4.98. The first-order valence-electron chi connectivity index (χ1n) is 13.9. The summed E-state index contributed by atoms with van der Waals surface area (Å²) in [6, 6.07) is -1.92. The molecule has 0 radical (unpaired) electrons. The van der Waals surface area contributed by atoms with Crippen molar-refractivity contribution in [3.8, 4) is 5.75 Å². The first kappa shape index (κ1) is 32.7. The normalized spacial score (nSPS) is 28.0. The summed E-state index contributed by atoms with van der Waals surface area (Å²) in [5.74, 6) is -9.91. The second-order valence-corrected chi connectivity index (χ2v) is 10.9. The lowest BCUT2D eigenvalue weighted by Gasteiger charge is -2.37. The molecule has 2 aliphatic heterocycles. The minimum atomic E-state index is -1.87. The molecule has 2 aromatic rings. The van der Waals surface area contributed by atoms with Gasteiger partial charge in [0.05, 0.1) is 24.1 Å². The van der Waals surface area contributed by atoms with Crippen LogP contribution in [-0.4, -0.2) is 81.9 Å². The molecule has 0 aliphatic carbocycles. The summed E-state index contributed by atoms with van der Waals surface area (Å²) in [6.45, 7) is 5.28. The number of nitrogens with zero attached hydrogens (tertiary/aromatic N) is 1. The molecule has 7 atom stereocenters. The Balaban J connectivity index is 1.75. The van der Waals surface area contributed by atoms with Gasteiger partial charge in [-0.25, -0.2) is 18.2 Å². The molecule has 238 valence electrons. The lowest BCUT2D eigenvalue weighted by Crippen LogP contribution is -2.63. The Bertz CT molecular complexity index is 1440. The second kappa shape index (κ2) is 13.2. The topological polar surface area (TPSA) is 176 Å². The van der Waals surface area contributed by atoms with Crippen LogP contribution in [0.1, 0.15) is 47.4 Å². The Morgan fingerprint density at radius 1 is 1.07 bits per heavy atom. The third kappa shape index (κ3) is 6.48. The van der Waals surface area contributed by atoms with Crippen LogP contribution in [-0.2, 0) is 30.3 Å². The molecule has 0 spiro atoms. The van der Waals surface area contributed by atoms with E-state index in [0.717, 1.165) is 0 Å². The third-order valence-electron chi connectivity index (χ3n) is 8.01. The molecule has 7 unspecified atom stereocenters. The average molecular weight is 623 g/mol. The molecule has 12 nitrogen and oxygen atoms in total. The number of ether oxygens (including phenoxy) is 2. The van der Waals surface area contributed by atoms with Crippen molar-refractivity contribution in [2.45, 2.75) is 77.0 Å². The highest BCUT2D eigenvalue weighted by Gasteiger charge is 2.43. The highest BCUT2D eigenvalue weighted by Crippen LogP contribution is 2.27. The molecule has 3 amide bonds. The van der Waals surface area contributed by atoms with Crippen molar-refractivity contribution in [1.82, 2.24) is 20.9 Å². The Morgan fingerprint density at radius 3 is 2.34 bits per heavy atom. The molecule has 2 aliphatic rings. The maximum Gasteiger partial charge on any atom is 0.312 e. The average Bonchev–Trinajstić information content (AvgIpc) is 2.96. The summed E-state index contributed by atoms with van der Waals surface area (Å²) in [4.78, 5) is 56.8. The lowest BCUT2D eigenvalue weighted by molar-refractivity contribution is -0.184. The summed E-state index contributed by atoms with van der Waals surface area (Å²) in [6.07, 6.45) is -3.42. The van der Waals surface area contributed by atoms with Crippen LogP contribution in [0.5, 0.6) is 5.75 Å². The maximum atomic E-state index is 15.2. The van der Waals surface area contributed by atoms with E-state index in [0.29, 0.717) is 13.0 Å². The van der Waals surface area contributed by atoms with E-state index in [-0.39, 0.29) is 11.1 Å². The Morgan fingerprint density at radius 2 is 1.73 bits per heavy atom. The number of aliphatic hydroxyl groups excluding tert-OH is 1. The number of rotatable bonds is 5. The first-order valence-corrected chi connectivity index (χ1v) is 13.9. The number of nitrogens with one attached hydrogen (secondary N) is 3. The molecule has 1 aromatic carbocycles. The Hall–Kier alpha value is -4.24. The van der Waals surface area contributed by atoms with Gasteiger partial charge in [0.15, 0.2) is 17.3 Å². The van der Waals surface area contributed by atoms with Gasteiger partial charge in [-0.15, -0.1) is 0 Å². The van der Waals surface area contributed by atoms with E-state index in [1.165, 1.54) is 46.0 Å². The standard InChI is InChI=1S/C29H33F3N4O8/c1-11-12(2)20(31)21(32)15(19(11)30)10-16-24(38)13(3)29(42)44-25(18-7-9-43-18)28(41)34-14(4)22(26(39)35-16)36-27(40)23-17(37)6-5-8-33-23/h5-6,8,13-14,16,18,22,24-25,37-38H,7,9-10H2,1-4H3,(H,34,41)(H,35,39)(H,36,40). The van der Waals surface area contributed by atoms with Gasteiger partial charge in [0.2, 0.25) is 12.0 Å². The smallest absolute Gasteiger partial charge is 0.312 e. The van der Waals surface area contributed by atoms with E-state index >= 15 is 8.78 Å². The number of esters is 1. The number of carbonyl (C=O) groups excluding carboxylic acids is 4. The second-order valence-electron chi connectivity index (χ2n) is 10.9. The fourth-order valence-corrected chi connectivity index (χ4v) is 4.98. The Labute approximate surface area is 250 Å². The molecule has 2 saturated heterocycles. The number of amides is 3. The van der Waals surface area contributed by atoms with Crippen molar-refractivity contribution >= 4 is 23.7 Å². The monoisotopic (exact) mass is 622 g/mol. The number of pyridine rings is 1. The van der Waals surface area contributed by atoms with E-state index in [1.807, 2.05) is 0 Å². The number of hydrogen-bond acceptors (Lipinski definition) is 9. The van der Waals surface area contributed by atoms with Crippen molar-refractivity contribution in [3.63, 3.8) is 0 Å². The van der Waals surface area contributed by atoms with Crippen LogP contribution in [0.25, 0.3) is 0 Å². The first-order chi connectivity index (χ1) is 20.7. The number of aromatic hydroxyl groups is 1. The quantitative estimate of drug-likeness (QED) is 0.239. The van der Waals surface area contributed by atoms with Gasteiger partial charge in [-0.2, -0.15) is 0 Å². The van der Waals surface area contributed by atoms with Crippen molar-refractivity contribution in [2.24, 2.45) is 5.92 Å². The summed E-state index contributed by atoms with van der Waals surface area (Å²) in [5, 5.41) is 28.6. The van der Waals surface area contributed by atoms with Crippen molar-refractivity contribution < 1.29 is 52.0 Å². The maximum absolute atomic E-state index is 15.2. The molecule has 4 rings (SSSR count). The SMILES string of the molecule is Cc1c(C)c(F)c(CC2NC(=O)C(NC(=O)c3ncccc3O)C(C)NC(=O)C(C3CCO3)OC(=O)C(C)C2O)c(F)c1F. The van der Waals surface area contributed by atoms with Crippen LogP contribution >= 0.6 is 0 Å². The molecule has 0 saturated carbocycles. The number of hydrogen-bond donors (Lipinski definition) is 5. The lowest BCUT2D eigenvalue weighted by atomic mass is 9.90. The number of cyclic esters (lactones) is 1. The van der Waals surface area contributed by atoms with Crippen LogP contribution in [0.15, 0.2) is 18.3 Å². The number of aromatic nitrogens is 1. The largest absolute Gasteiger partial charge is 0.505 e. The van der Waals surface area contributed by atoms with Gasteiger partial charge in [0.1, 0.15) is 23.7 Å². The highest BCUT2D eigenvalue weighted by atomic mass is 19.2. The molecular weight excluding hydrogens is 589 g/mol.